The van der Waals surface area contributed by atoms with E-state index >= 15 is 0 Å². The third kappa shape index (κ3) is 2.31. The molecule has 17 heavy (non-hydrogen) atoms. The molecule has 2 aliphatic rings. The Labute approximate surface area is 98.0 Å². The van der Waals surface area contributed by atoms with Gasteiger partial charge < -0.3 is 15.0 Å². The fraction of sp³-hybridized carbons (Fsp3) is 0.667. The molecule has 0 aromatic rings. The third-order valence-electron chi connectivity index (χ3n) is 2.81. The van der Waals surface area contributed by atoms with Gasteiger partial charge in [-0.05, 0) is 0 Å². The molecule has 0 radical (unpaired) electrons. The molecule has 0 aromatic heterocycles. The summed E-state index contributed by atoms with van der Waals surface area (Å²) < 4.78 is 4.56. The largest absolute Gasteiger partial charge is 0.468 e. The van der Waals surface area contributed by atoms with Crippen LogP contribution in [0.15, 0.2) is 11.5 Å². The van der Waals surface area contributed by atoms with E-state index in [0.29, 0.717) is 25.6 Å². The van der Waals surface area contributed by atoms with Gasteiger partial charge in [0.1, 0.15) is 0 Å². The molecule has 2 rings (SSSR count). The third-order valence-corrected chi connectivity index (χ3v) is 2.81. The van der Waals surface area contributed by atoms with E-state index in [1.807, 2.05) is 4.90 Å². The number of carbonyl (C=O) groups excluding carboxylic acids is 1. The van der Waals surface area contributed by atoms with Gasteiger partial charge in [-0.1, -0.05) is 0 Å². The zero-order valence-corrected chi connectivity index (χ0v) is 9.51. The summed E-state index contributed by atoms with van der Waals surface area (Å²) in [4.78, 5) is 25.3. The van der Waals surface area contributed by atoms with Crippen LogP contribution in [0.1, 0.15) is 0 Å². The Morgan fingerprint density at radius 2 is 2.41 bits per heavy atom. The molecular formula is C9H14N4O4. The van der Waals surface area contributed by atoms with Crippen LogP contribution in [0, 0.1) is 10.1 Å². The van der Waals surface area contributed by atoms with Crippen molar-refractivity contribution in [2.24, 2.45) is 0 Å². The Bertz CT molecular complexity index is 381. The smallest absolute Gasteiger partial charge is 0.319 e. The van der Waals surface area contributed by atoms with Crippen LogP contribution in [0.5, 0.6) is 0 Å². The molecule has 0 bridgehead atoms. The second-order valence-electron chi connectivity index (χ2n) is 3.95. The summed E-state index contributed by atoms with van der Waals surface area (Å²) in [5.74, 6) is 0.194. The van der Waals surface area contributed by atoms with Gasteiger partial charge in [-0.3, -0.25) is 19.8 Å². The van der Waals surface area contributed by atoms with Crippen molar-refractivity contribution < 1.29 is 14.5 Å². The molecule has 2 heterocycles. The van der Waals surface area contributed by atoms with Crippen molar-refractivity contribution in [3.05, 3.63) is 21.6 Å². The van der Waals surface area contributed by atoms with Gasteiger partial charge in [0.15, 0.2) is 5.82 Å². The highest BCUT2D eigenvalue weighted by Gasteiger charge is 2.35. The molecule has 1 N–H and O–H groups in total. The number of ether oxygens (including phenoxy) is 1. The molecule has 0 saturated carbocycles. The van der Waals surface area contributed by atoms with Gasteiger partial charge in [-0.15, -0.1) is 0 Å². The topological polar surface area (TPSA) is 87.9 Å². The predicted octanol–water partition coefficient (Wildman–Crippen LogP) is -1.22. The number of methoxy groups -OCH3 is 1. The predicted molar refractivity (Wildman–Crippen MR) is 57.2 cm³/mol. The SMILES string of the molecule is COC(=O)CN1CC([N+](=O)[O-])=C2NCCN2C1. The fourth-order valence-corrected chi connectivity index (χ4v) is 2.03. The van der Waals surface area contributed by atoms with Gasteiger partial charge >= 0.3 is 5.97 Å². The number of nitro groups is 1. The highest BCUT2D eigenvalue weighted by Crippen LogP contribution is 2.20. The quantitative estimate of drug-likeness (QED) is 0.377. The van der Waals surface area contributed by atoms with E-state index in [9.17, 15) is 14.9 Å². The Morgan fingerprint density at radius 1 is 1.65 bits per heavy atom. The van der Waals surface area contributed by atoms with E-state index < -0.39 is 4.92 Å². The number of fused-ring (bicyclic) bond motifs is 1. The van der Waals surface area contributed by atoms with Crippen LogP contribution in [-0.4, -0.2) is 60.6 Å². The number of hydrogen-bond acceptors (Lipinski definition) is 7. The zero-order valence-electron chi connectivity index (χ0n) is 9.51. The summed E-state index contributed by atoms with van der Waals surface area (Å²) in [6.07, 6.45) is 0. The summed E-state index contributed by atoms with van der Waals surface area (Å²) in [7, 11) is 1.30. The highest BCUT2D eigenvalue weighted by molar-refractivity contribution is 5.71. The number of hydrogen-bond donors (Lipinski definition) is 1. The van der Waals surface area contributed by atoms with Gasteiger partial charge in [-0.2, -0.15) is 0 Å². The molecule has 8 nitrogen and oxygen atoms in total. The van der Waals surface area contributed by atoms with Crippen molar-refractivity contribution in [2.75, 3.05) is 40.0 Å². The Hall–Kier alpha value is -1.83. The lowest BCUT2D eigenvalue weighted by Crippen LogP contribution is -2.46. The van der Waals surface area contributed by atoms with E-state index in [2.05, 4.69) is 10.1 Å². The minimum Gasteiger partial charge on any atom is -0.468 e. The van der Waals surface area contributed by atoms with Gasteiger partial charge in [-0.25, -0.2) is 0 Å². The van der Waals surface area contributed by atoms with Gasteiger partial charge in [0.05, 0.1) is 31.8 Å². The lowest BCUT2D eigenvalue weighted by molar-refractivity contribution is -0.432. The maximum absolute atomic E-state index is 11.2. The monoisotopic (exact) mass is 242 g/mol. The van der Waals surface area contributed by atoms with Crippen LogP contribution < -0.4 is 5.32 Å². The first-order valence-corrected chi connectivity index (χ1v) is 5.27. The molecular weight excluding hydrogens is 228 g/mol. The number of esters is 1. The number of nitrogens with one attached hydrogen (secondary N) is 1. The number of rotatable bonds is 3. The number of nitrogens with zero attached hydrogens (tertiary/aromatic N) is 3. The van der Waals surface area contributed by atoms with E-state index in [1.54, 1.807) is 4.90 Å². The van der Waals surface area contributed by atoms with Gasteiger partial charge in [0.2, 0.25) is 0 Å². The summed E-state index contributed by atoms with van der Waals surface area (Å²) in [6.45, 7) is 2.14. The van der Waals surface area contributed by atoms with Crippen molar-refractivity contribution in [1.29, 1.82) is 0 Å². The summed E-state index contributed by atoms with van der Waals surface area (Å²) in [5.41, 5.74) is 0.109. The van der Waals surface area contributed by atoms with Crippen LogP contribution >= 0.6 is 0 Å². The Balaban J connectivity index is 2.13. The Morgan fingerprint density at radius 3 is 3.06 bits per heavy atom. The van der Waals surface area contributed by atoms with E-state index in [4.69, 9.17) is 0 Å². The molecule has 8 heteroatoms. The standard InChI is InChI=1S/C9H14N4O4/c1-17-8(14)5-11-4-7(13(15)16)9-10-2-3-12(9)6-11/h10H,2-6H2,1H3. The molecule has 0 aliphatic carbocycles. The molecule has 94 valence electrons. The first-order valence-electron chi connectivity index (χ1n) is 5.27. The minimum atomic E-state index is -0.399. The van der Waals surface area contributed by atoms with Crippen LogP contribution in [-0.2, 0) is 9.53 Å². The average molecular weight is 242 g/mol. The lowest BCUT2D eigenvalue weighted by atomic mass is 10.3. The van der Waals surface area contributed by atoms with Gasteiger partial charge in [0, 0.05) is 13.1 Å². The van der Waals surface area contributed by atoms with Crippen LogP contribution in [0.4, 0.5) is 0 Å². The van der Waals surface area contributed by atoms with Crippen molar-refractivity contribution in [3.8, 4) is 0 Å². The summed E-state index contributed by atoms with van der Waals surface area (Å²) in [6, 6.07) is 0. The summed E-state index contributed by atoms with van der Waals surface area (Å²) in [5, 5.41) is 13.9. The zero-order chi connectivity index (χ0) is 12.4. The van der Waals surface area contributed by atoms with Crippen LogP contribution in [0.3, 0.4) is 0 Å². The summed E-state index contributed by atoms with van der Waals surface area (Å²) >= 11 is 0. The maximum Gasteiger partial charge on any atom is 0.319 e. The first kappa shape index (κ1) is 11.6. The van der Waals surface area contributed by atoms with Gasteiger partial charge in [0.25, 0.3) is 5.70 Å². The van der Waals surface area contributed by atoms with E-state index in [0.717, 1.165) is 0 Å². The molecule has 0 unspecified atom stereocenters. The average Bonchev–Trinajstić information content (AvgIpc) is 2.75. The molecule has 0 aromatic carbocycles. The van der Waals surface area contributed by atoms with Crippen molar-refractivity contribution in [1.82, 2.24) is 15.1 Å². The van der Waals surface area contributed by atoms with Crippen molar-refractivity contribution in [2.45, 2.75) is 0 Å². The van der Waals surface area contributed by atoms with E-state index in [-0.39, 0.29) is 24.8 Å². The molecule has 0 amide bonds. The second-order valence-corrected chi connectivity index (χ2v) is 3.95. The molecule has 0 spiro atoms. The fourth-order valence-electron chi connectivity index (χ4n) is 2.03. The maximum atomic E-state index is 11.2. The molecule has 2 aliphatic heterocycles. The molecule has 1 fully saturated rings. The van der Waals surface area contributed by atoms with Crippen LogP contribution in [0.25, 0.3) is 0 Å². The van der Waals surface area contributed by atoms with Crippen molar-refractivity contribution in [3.63, 3.8) is 0 Å². The van der Waals surface area contributed by atoms with Crippen molar-refractivity contribution >= 4 is 5.97 Å². The Kier molecular flexibility index (Phi) is 3.14. The lowest BCUT2D eigenvalue weighted by Gasteiger charge is -2.31. The highest BCUT2D eigenvalue weighted by atomic mass is 16.6. The number of carbonyl (C=O) groups is 1. The molecule has 0 atom stereocenters. The first-order chi connectivity index (χ1) is 8.11. The normalized spacial score (nSPS) is 19.9. The second kappa shape index (κ2) is 4.58. The van der Waals surface area contributed by atoms with E-state index in [1.165, 1.54) is 7.11 Å². The van der Waals surface area contributed by atoms with Crippen LogP contribution in [0.2, 0.25) is 0 Å². The molecule has 1 saturated heterocycles. The minimum absolute atomic E-state index is 0.0671.